The van der Waals surface area contributed by atoms with E-state index in [0.29, 0.717) is 50.6 Å². The summed E-state index contributed by atoms with van der Waals surface area (Å²) in [6.45, 7) is 13.6. The van der Waals surface area contributed by atoms with Crippen LogP contribution in [0.25, 0.3) is 21.8 Å². The van der Waals surface area contributed by atoms with E-state index in [4.69, 9.17) is 18.9 Å². The molecule has 4 aliphatic rings. The quantitative estimate of drug-likeness (QED) is 0.135. The summed E-state index contributed by atoms with van der Waals surface area (Å²) in [6, 6.07) is 9.37. The zero-order valence-electron chi connectivity index (χ0n) is 36.1. The SMILES string of the molecule is COCCCn1cc(C(C)(C)C)c2cc(F)c(CN(C(=O)[C@H]3CNCCO3)C3CC3)cc21.COCCCn1ccc2cc(F)c(CN(C(=O)[C@H]3CNCCO3)C3CC3)cc21. The smallest absolute Gasteiger partial charge is 0.253 e. The molecule has 0 radical (unpaired) electrons. The van der Waals surface area contributed by atoms with Crippen LogP contribution in [-0.2, 0) is 60.1 Å². The fourth-order valence-corrected chi connectivity index (χ4v) is 8.32. The number of carbonyl (C=O) groups is 2. The third-order valence-electron chi connectivity index (χ3n) is 11.9. The number of benzene rings is 2. The number of morpholine rings is 2. The van der Waals surface area contributed by atoms with Crippen LogP contribution in [0.15, 0.2) is 42.7 Å². The number of nitrogens with one attached hydrogen (secondary N) is 2. The van der Waals surface area contributed by atoms with E-state index in [-0.39, 0.29) is 54.0 Å². The summed E-state index contributed by atoms with van der Waals surface area (Å²) >= 11 is 0. The van der Waals surface area contributed by atoms with Crippen molar-refractivity contribution >= 4 is 33.6 Å². The number of halogens is 2. The Morgan fingerprint density at radius 3 is 1.77 bits per heavy atom. The van der Waals surface area contributed by atoms with Crippen molar-refractivity contribution in [3.8, 4) is 0 Å². The molecule has 4 heterocycles. The molecule has 2 atom stereocenters. The summed E-state index contributed by atoms with van der Waals surface area (Å²) in [5.74, 6) is -0.586. The minimum Gasteiger partial charge on any atom is -0.385 e. The first-order valence-electron chi connectivity index (χ1n) is 21.8. The third-order valence-corrected chi connectivity index (χ3v) is 11.9. The van der Waals surface area contributed by atoms with E-state index in [1.54, 1.807) is 31.3 Å². The average molecular weight is 835 g/mol. The molecule has 0 bridgehead atoms. The molecule has 4 aromatic rings. The van der Waals surface area contributed by atoms with Crippen LogP contribution in [0.4, 0.5) is 8.78 Å². The van der Waals surface area contributed by atoms with Crippen LogP contribution in [0.3, 0.4) is 0 Å². The summed E-state index contributed by atoms with van der Waals surface area (Å²) < 4.78 is 56.1. The monoisotopic (exact) mass is 834 g/mol. The van der Waals surface area contributed by atoms with Gasteiger partial charge in [0.25, 0.3) is 11.8 Å². The number of hydrogen-bond donors (Lipinski definition) is 2. The second-order valence-electron chi connectivity index (χ2n) is 17.7. The molecule has 2 aliphatic heterocycles. The van der Waals surface area contributed by atoms with E-state index < -0.39 is 12.2 Å². The Morgan fingerprint density at radius 1 is 0.767 bits per heavy atom. The molecule has 2 N–H and O–H groups in total. The second kappa shape index (κ2) is 19.9. The Balaban J connectivity index is 0.000000183. The molecule has 2 saturated heterocycles. The lowest BCUT2D eigenvalue weighted by Gasteiger charge is -2.30. The van der Waals surface area contributed by atoms with Gasteiger partial charge in [0.1, 0.15) is 23.8 Å². The maximum Gasteiger partial charge on any atom is 0.253 e. The zero-order valence-corrected chi connectivity index (χ0v) is 36.1. The van der Waals surface area contributed by atoms with Crippen molar-refractivity contribution in [1.82, 2.24) is 29.6 Å². The lowest BCUT2D eigenvalue weighted by molar-refractivity contribution is -0.147. The molecular weight excluding hydrogens is 771 g/mol. The van der Waals surface area contributed by atoms with Crippen molar-refractivity contribution in [3.63, 3.8) is 0 Å². The number of ether oxygens (including phenoxy) is 4. The molecular formula is C46H64F2N6O6. The van der Waals surface area contributed by atoms with E-state index in [0.717, 1.165) is 92.1 Å². The van der Waals surface area contributed by atoms with Gasteiger partial charge in [0, 0.05) is 137 Å². The van der Waals surface area contributed by atoms with E-state index >= 15 is 4.39 Å². The summed E-state index contributed by atoms with van der Waals surface area (Å²) in [6.07, 6.45) is 8.84. The van der Waals surface area contributed by atoms with Gasteiger partial charge >= 0.3 is 0 Å². The molecule has 2 aromatic carbocycles. The molecule has 2 aromatic heterocycles. The van der Waals surface area contributed by atoms with Crippen molar-refractivity contribution in [3.05, 3.63) is 71.1 Å². The number of rotatable bonds is 16. The number of methoxy groups -OCH3 is 2. The van der Waals surface area contributed by atoms with Crippen molar-refractivity contribution < 1.29 is 37.3 Å². The van der Waals surface area contributed by atoms with Gasteiger partial charge in [0.05, 0.1) is 13.2 Å². The highest BCUT2D eigenvalue weighted by Crippen LogP contribution is 2.36. The minimum absolute atomic E-state index is 0.0370. The third kappa shape index (κ3) is 10.7. The van der Waals surface area contributed by atoms with Crippen LogP contribution in [0.1, 0.15) is 76.0 Å². The highest BCUT2D eigenvalue weighted by molar-refractivity contribution is 5.87. The molecule has 328 valence electrons. The second-order valence-corrected chi connectivity index (χ2v) is 17.7. The molecule has 2 amide bonds. The van der Waals surface area contributed by atoms with Crippen molar-refractivity contribution in [2.24, 2.45) is 0 Å². The number of amides is 2. The average Bonchev–Trinajstić information content (AvgIpc) is 4.19. The maximum absolute atomic E-state index is 15.3. The zero-order chi connectivity index (χ0) is 42.4. The Bertz CT molecular complexity index is 2080. The number of aromatic nitrogens is 2. The lowest BCUT2D eigenvalue weighted by Crippen LogP contribution is -2.49. The first kappa shape index (κ1) is 44.1. The van der Waals surface area contributed by atoms with Gasteiger partial charge in [-0.05, 0) is 79.8 Å². The highest BCUT2D eigenvalue weighted by atomic mass is 19.1. The summed E-state index contributed by atoms with van der Waals surface area (Å²) in [7, 11) is 3.40. The minimum atomic E-state index is -0.485. The van der Waals surface area contributed by atoms with Crippen LogP contribution in [-0.4, -0.2) is 122 Å². The fraction of sp³-hybridized carbons (Fsp3) is 0.609. The predicted octanol–water partition coefficient (Wildman–Crippen LogP) is 5.89. The molecule has 12 nitrogen and oxygen atoms in total. The molecule has 2 saturated carbocycles. The maximum atomic E-state index is 15.3. The van der Waals surface area contributed by atoms with E-state index in [1.807, 2.05) is 29.3 Å². The van der Waals surface area contributed by atoms with Crippen LogP contribution >= 0.6 is 0 Å². The number of fused-ring (bicyclic) bond motifs is 2. The topological polar surface area (TPSA) is 111 Å². The van der Waals surface area contributed by atoms with Gasteiger partial charge in [-0.1, -0.05) is 20.8 Å². The Kier molecular flexibility index (Phi) is 14.6. The fourth-order valence-electron chi connectivity index (χ4n) is 8.32. The van der Waals surface area contributed by atoms with E-state index in [9.17, 15) is 14.0 Å². The number of aryl methyl sites for hydroxylation is 2. The molecule has 0 unspecified atom stereocenters. The van der Waals surface area contributed by atoms with Gasteiger partial charge in [0.2, 0.25) is 0 Å². The highest BCUT2D eigenvalue weighted by Gasteiger charge is 2.39. The normalized spacial score (nSPS) is 19.6. The number of hydrogen-bond acceptors (Lipinski definition) is 8. The van der Waals surface area contributed by atoms with Crippen LogP contribution in [0, 0.1) is 11.6 Å². The Labute approximate surface area is 352 Å². The summed E-state index contributed by atoms with van der Waals surface area (Å²) in [5.41, 5.74) is 4.16. The Hall–Kier alpha value is -3.92. The number of carbonyl (C=O) groups excluding carboxylic acids is 2. The van der Waals surface area contributed by atoms with Crippen LogP contribution in [0.5, 0.6) is 0 Å². The van der Waals surface area contributed by atoms with Crippen LogP contribution in [0.2, 0.25) is 0 Å². The molecule has 0 spiro atoms. The van der Waals surface area contributed by atoms with Gasteiger partial charge in [0.15, 0.2) is 0 Å². The molecule has 2 aliphatic carbocycles. The van der Waals surface area contributed by atoms with Crippen molar-refractivity contribution in [2.45, 2.75) is 115 Å². The van der Waals surface area contributed by atoms with Gasteiger partial charge in [-0.15, -0.1) is 0 Å². The van der Waals surface area contributed by atoms with Gasteiger partial charge in [-0.2, -0.15) is 0 Å². The van der Waals surface area contributed by atoms with Gasteiger partial charge in [-0.25, -0.2) is 8.78 Å². The molecule has 8 rings (SSSR count). The first-order valence-corrected chi connectivity index (χ1v) is 21.8. The lowest BCUT2D eigenvalue weighted by atomic mass is 9.86. The van der Waals surface area contributed by atoms with E-state index in [2.05, 4.69) is 46.7 Å². The largest absolute Gasteiger partial charge is 0.385 e. The first-order chi connectivity index (χ1) is 29.0. The van der Waals surface area contributed by atoms with Crippen molar-refractivity contribution in [2.75, 3.05) is 66.8 Å². The number of nitrogens with zero attached hydrogens (tertiary/aromatic N) is 4. The molecule has 4 fully saturated rings. The standard InChI is InChI=1S/C25H36FN3O3.C21H28FN3O3/c1-25(2,3)20-16-28(9-5-10-31-4)22-12-17(21(26)13-19(20)22)15-29(18-6-7-18)24(30)23-14-27-8-11-32-23;1-27-9-2-7-24-8-5-15-11-18(22)16(12-19(15)24)14-25(17-3-4-17)21(26)20-13-23-6-10-28-20/h12-13,16,18,23,27H,5-11,14-15H2,1-4H3;5,8,11-12,17,20,23H,2-4,6-7,9-10,13-14H2,1H3/t23-;20-/m11/s1. The molecule has 60 heavy (non-hydrogen) atoms. The summed E-state index contributed by atoms with van der Waals surface area (Å²) in [4.78, 5) is 29.8. The van der Waals surface area contributed by atoms with E-state index in [1.165, 1.54) is 0 Å². The van der Waals surface area contributed by atoms with Crippen molar-refractivity contribution in [1.29, 1.82) is 0 Å². The molecule has 14 heteroatoms. The predicted molar refractivity (Wildman–Crippen MR) is 228 cm³/mol. The van der Waals surface area contributed by atoms with Gasteiger partial charge < -0.3 is 48.5 Å². The van der Waals surface area contributed by atoms with Gasteiger partial charge in [-0.3, -0.25) is 9.59 Å². The summed E-state index contributed by atoms with van der Waals surface area (Å²) in [5, 5.41) is 8.24. The van der Waals surface area contributed by atoms with Crippen LogP contribution < -0.4 is 10.6 Å². The Morgan fingerprint density at radius 2 is 1.28 bits per heavy atom.